The molecule has 3 aromatic rings. The zero-order valence-corrected chi connectivity index (χ0v) is 24.8. The highest BCUT2D eigenvalue weighted by atomic mass is 16.6. The fourth-order valence-corrected chi connectivity index (χ4v) is 6.03. The standard InChI is InChI=1S/C32H45N5O2/c1-21(2)29-26-19-24(23-10-12-37(13-11-23)31(38)39-32(4,5)6)8-9-27(26)34-30(29)25-18-22(3)33-28(20-25)36-16-14-35(7)15-17-36/h8-9,18-21,23,34H,10-17H2,1-7H3. The zero-order chi connectivity index (χ0) is 27.9. The lowest BCUT2D eigenvalue weighted by Gasteiger charge is -2.33. The Balaban J connectivity index is 1.41. The molecular formula is C32H45N5O2. The number of likely N-dealkylation sites (tertiary alicyclic amines) is 1. The van der Waals surface area contributed by atoms with E-state index < -0.39 is 5.60 Å². The van der Waals surface area contributed by atoms with Crippen molar-refractivity contribution >= 4 is 22.8 Å². The molecule has 2 aliphatic heterocycles. The molecule has 1 N–H and O–H groups in total. The van der Waals surface area contributed by atoms with Gasteiger partial charge >= 0.3 is 6.09 Å². The predicted molar refractivity (Wildman–Crippen MR) is 160 cm³/mol. The van der Waals surface area contributed by atoms with E-state index in [-0.39, 0.29) is 6.09 Å². The van der Waals surface area contributed by atoms with Crippen molar-refractivity contribution in [3.8, 4) is 11.3 Å². The van der Waals surface area contributed by atoms with Gasteiger partial charge in [-0.15, -0.1) is 0 Å². The van der Waals surface area contributed by atoms with E-state index in [0.717, 1.165) is 63.6 Å². The SMILES string of the molecule is Cc1cc(-c2[nH]c3ccc(C4CCN(C(=O)OC(C)(C)C)CC4)cc3c2C(C)C)cc(N2CCN(C)CC2)n1. The Morgan fingerprint density at radius 2 is 1.72 bits per heavy atom. The number of hydrogen-bond donors (Lipinski definition) is 1. The van der Waals surface area contributed by atoms with E-state index in [2.05, 4.69) is 72.9 Å². The van der Waals surface area contributed by atoms with E-state index in [9.17, 15) is 4.79 Å². The number of pyridine rings is 1. The van der Waals surface area contributed by atoms with Crippen LogP contribution in [0.3, 0.4) is 0 Å². The van der Waals surface area contributed by atoms with Gasteiger partial charge in [0.25, 0.3) is 0 Å². The van der Waals surface area contributed by atoms with Crippen LogP contribution >= 0.6 is 0 Å². The number of amides is 1. The van der Waals surface area contributed by atoms with Gasteiger partial charge in [0, 0.05) is 61.4 Å². The number of anilines is 1. The van der Waals surface area contributed by atoms with Crippen molar-refractivity contribution in [3.05, 3.63) is 47.2 Å². The van der Waals surface area contributed by atoms with Gasteiger partial charge in [-0.1, -0.05) is 19.9 Å². The smallest absolute Gasteiger partial charge is 0.410 e. The molecule has 0 aliphatic carbocycles. The molecule has 4 heterocycles. The summed E-state index contributed by atoms with van der Waals surface area (Å²) in [4.78, 5) is 27.9. The molecule has 2 aromatic heterocycles. The number of rotatable bonds is 4. The molecule has 0 unspecified atom stereocenters. The van der Waals surface area contributed by atoms with Crippen molar-refractivity contribution in [2.24, 2.45) is 0 Å². The Morgan fingerprint density at radius 3 is 2.36 bits per heavy atom. The van der Waals surface area contributed by atoms with Crippen LogP contribution in [0.1, 0.15) is 76.1 Å². The number of H-pyrrole nitrogens is 1. The van der Waals surface area contributed by atoms with Gasteiger partial charge in [-0.2, -0.15) is 0 Å². The number of nitrogens with zero attached hydrogens (tertiary/aromatic N) is 4. The summed E-state index contributed by atoms with van der Waals surface area (Å²) in [6.45, 7) is 18.0. The molecule has 0 atom stereocenters. The molecular weight excluding hydrogens is 486 g/mol. The Labute approximate surface area is 233 Å². The largest absolute Gasteiger partial charge is 0.444 e. The first-order chi connectivity index (χ1) is 18.5. The minimum absolute atomic E-state index is 0.197. The first-order valence-electron chi connectivity index (χ1n) is 14.5. The number of piperidine rings is 1. The lowest BCUT2D eigenvalue weighted by molar-refractivity contribution is 0.0205. The first-order valence-corrected chi connectivity index (χ1v) is 14.5. The monoisotopic (exact) mass is 531 g/mol. The summed E-state index contributed by atoms with van der Waals surface area (Å²) in [5, 5.41) is 1.31. The van der Waals surface area contributed by atoms with Crippen molar-refractivity contribution in [3.63, 3.8) is 0 Å². The number of aromatic nitrogens is 2. The summed E-state index contributed by atoms with van der Waals surface area (Å²) in [7, 11) is 2.18. The Hall–Kier alpha value is -3.06. The van der Waals surface area contributed by atoms with Gasteiger partial charge in [0.2, 0.25) is 0 Å². The van der Waals surface area contributed by atoms with E-state index in [1.807, 2.05) is 25.7 Å². The van der Waals surface area contributed by atoms with E-state index in [1.165, 1.54) is 33.3 Å². The van der Waals surface area contributed by atoms with Crippen LogP contribution in [0, 0.1) is 6.92 Å². The van der Waals surface area contributed by atoms with Gasteiger partial charge in [0.05, 0.1) is 5.69 Å². The van der Waals surface area contributed by atoms with Crippen LogP contribution in [-0.4, -0.2) is 77.8 Å². The Morgan fingerprint density at radius 1 is 1.03 bits per heavy atom. The molecule has 0 radical (unpaired) electrons. The maximum Gasteiger partial charge on any atom is 0.410 e. The van der Waals surface area contributed by atoms with Crippen LogP contribution in [0.4, 0.5) is 10.6 Å². The number of likely N-dealkylation sites (N-methyl/N-ethyl adjacent to an activating group) is 1. The third kappa shape index (κ3) is 6.08. The predicted octanol–water partition coefficient (Wildman–Crippen LogP) is 6.53. The maximum absolute atomic E-state index is 12.5. The van der Waals surface area contributed by atoms with Crippen molar-refractivity contribution in [1.82, 2.24) is 19.8 Å². The van der Waals surface area contributed by atoms with Gasteiger partial charge in [0.15, 0.2) is 0 Å². The molecule has 2 fully saturated rings. The van der Waals surface area contributed by atoms with E-state index >= 15 is 0 Å². The number of aryl methyl sites for hydroxylation is 1. The number of benzene rings is 1. The molecule has 1 amide bonds. The summed E-state index contributed by atoms with van der Waals surface area (Å²) in [5.74, 6) is 1.89. The molecule has 210 valence electrons. The number of aromatic amines is 1. The van der Waals surface area contributed by atoms with Gasteiger partial charge < -0.3 is 24.4 Å². The number of carbonyl (C=O) groups excluding carboxylic acids is 1. The fraction of sp³-hybridized carbons (Fsp3) is 0.562. The van der Waals surface area contributed by atoms with Crippen LogP contribution < -0.4 is 4.90 Å². The highest BCUT2D eigenvalue weighted by Gasteiger charge is 2.28. The van der Waals surface area contributed by atoms with E-state index in [0.29, 0.717) is 11.8 Å². The minimum Gasteiger partial charge on any atom is -0.444 e. The van der Waals surface area contributed by atoms with Crippen LogP contribution in [0.25, 0.3) is 22.2 Å². The molecule has 2 saturated heterocycles. The number of nitrogens with one attached hydrogen (secondary N) is 1. The first kappa shape index (κ1) is 27.5. The normalized spacial score (nSPS) is 17.8. The van der Waals surface area contributed by atoms with E-state index in [4.69, 9.17) is 9.72 Å². The van der Waals surface area contributed by atoms with Crippen LogP contribution in [0.5, 0.6) is 0 Å². The second-order valence-corrected chi connectivity index (χ2v) is 12.8. The number of carbonyl (C=O) groups is 1. The Kier molecular flexibility index (Phi) is 7.64. The highest BCUT2D eigenvalue weighted by Crippen LogP contribution is 2.39. The summed E-state index contributed by atoms with van der Waals surface area (Å²) < 4.78 is 5.60. The molecule has 0 spiro atoms. The fourth-order valence-electron chi connectivity index (χ4n) is 6.03. The summed E-state index contributed by atoms with van der Waals surface area (Å²) in [5.41, 5.74) is 6.92. The van der Waals surface area contributed by atoms with Gasteiger partial charge in [-0.3, -0.25) is 0 Å². The van der Waals surface area contributed by atoms with Gasteiger partial charge in [-0.05, 0) is 94.8 Å². The molecule has 7 heteroatoms. The number of fused-ring (bicyclic) bond motifs is 1. The lowest BCUT2D eigenvalue weighted by atomic mass is 9.87. The lowest BCUT2D eigenvalue weighted by Crippen LogP contribution is -2.44. The molecule has 39 heavy (non-hydrogen) atoms. The second-order valence-electron chi connectivity index (χ2n) is 12.8. The summed E-state index contributed by atoms with van der Waals surface area (Å²) >= 11 is 0. The van der Waals surface area contributed by atoms with E-state index in [1.54, 1.807) is 0 Å². The molecule has 1 aromatic carbocycles. The molecule has 5 rings (SSSR count). The average molecular weight is 532 g/mol. The molecule has 0 bridgehead atoms. The average Bonchev–Trinajstić information content (AvgIpc) is 3.27. The topological polar surface area (TPSA) is 64.7 Å². The number of ether oxygens (including phenoxy) is 1. The third-order valence-electron chi connectivity index (χ3n) is 8.11. The van der Waals surface area contributed by atoms with Crippen molar-refractivity contribution in [1.29, 1.82) is 0 Å². The summed E-state index contributed by atoms with van der Waals surface area (Å²) in [6.07, 6.45) is 1.71. The molecule has 0 saturated carbocycles. The van der Waals surface area contributed by atoms with Gasteiger partial charge in [-0.25, -0.2) is 9.78 Å². The number of hydrogen-bond acceptors (Lipinski definition) is 5. The van der Waals surface area contributed by atoms with Crippen molar-refractivity contribution < 1.29 is 9.53 Å². The molecule has 2 aliphatic rings. The van der Waals surface area contributed by atoms with Crippen LogP contribution in [0.15, 0.2) is 30.3 Å². The highest BCUT2D eigenvalue weighted by molar-refractivity contribution is 5.92. The third-order valence-corrected chi connectivity index (χ3v) is 8.11. The van der Waals surface area contributed by atoms with Crippen molar-refractivity contribution in [2.75, 3.05) is 51.2 Å². The summed E-state index contributed by atoms with van der Waals surface area (Å²) in [6, 6.07) is 11.4. The minimum atomic E-state index is -0.461. The van der Waals surface area contributed by atoms with Crippen molar-refractivity contribution in [2.45, 2.75) is 71.8 Å². The number of piperazine rings is 1. The van der Waals surface area contributed by atoms with Crippen LogP contribution in [-0.2, 0) is 4.74 Å². The van der Waals surface area contributed by atoms with Crippen LogP contribution in [0.2, 0.25) is 0 Å². The van der Waals surface area contributed by atoms with Gasteiger partial charge in [0.1, 0.15) is 11.4 Å². The maximum atomic E-state index is 12.5. The molecule has 7 nitrogen and oxygen atoms in total. The quantitative estimate of drug-likeness (QED) is 0.415. The Bertz CT molecular complexity index is 1320. The zero-order valence-electron chi connectivity index (χ0n) is 24.8. The second kappa shape index (κ2) is 10.8.